The Hall–Kier alpha value is -2.70. The van der Waals surface area contributed by atoms with Gasteiger partial charge in [-0.2, -0.15) is 0 Å². The minimum absolute atomic E-state index is 0.0577. The number of hydrogen-bond donors (Lipinski definition) is 0. The van der Waals surface area contributed by atoms with Gasteiger partial charge in [0.15, 0.2) is 0 Å². The molecule has 3 heterocycles. The topological polar surface area (TPSA) is 68.8 Å². The van der Waals surface area contributed by atoms with Crippen molar-refractivity contribution in [2.75, 3.05) is 13.1 Å². The van der Waals surface area contributed by atoms with Crippen molar-refractivity contribution >= 4 is 16.9 Å². The maximum absolute atomic E-state index is 12.8. The van der Waals surface area contributed by atoms with Gasteiger partial charge in [0.05, 0.1) is 17.9 Å². The molecule has 0 N–H and O–H groups in total. The molecule has 0 radical (unpaired) electrons. The molecule has 0 aliphatic carbocycles. The summed E-state index contributed by atoms with van der Waals surface area (Å²) in [5, 5.41) is 8.08. The summed E-state index contributed by atoms with van der Waals surface area (Å²) < 4.78 is 3.80. The van der Waals surface area contributed by atoms with E-state index >= 15 is 0 Å². The third kappa shape index (κ3) is 2.48. The van der Waals surface area contributed by atoms with Crippen molar-refractivity contribution in [3.05, 3.63) is 42.5 Å². The molecule has 3 aromatic rings. The lowest BCUT2D eigenvalue weighted by Gasteiger charge is -2.33. The number of piperidine rings is 1. The number of imidazole rings is 1. The molecule has 1 fully saturated rings. The van der Waals surface area contributed by atoms with E-state index in [1.54, 1.807) is 10.9 Å². The molecule has 1 amide bonds. The van der Waals surface area contributed by atoms with Crippen LogP contribution in [0, 0.1) is 0 Å². The molecule has 1 aliphatic heterocycles. The predicted octanol–water partition coefficient (Wildman–Crippen LogP) is 1.64. The van der Waals surface area contributed by atoms with E-state index in [2.05, 4.69) is 19.9 Å². The standard InChI is InChI=1S/C16H18N6O/c1-20-15-5-4-12(9-14(15)18-19-20)16(23)21-7-2-3-13(10-21)22-8-6-17-11-22/h4-6,8-9,11,13H,2-3,7,10H2,1H3/t13-/m1/s1. The number of likely N-dealkylation sites (tertiary alicyclic amines) is 1. The van der Waals surface area contributed by atoms with Gasteiger partial charge in [0, 0.05) is 38.1 Å². The van der Waals surface area contributed by atoms with Crippen molar-refractivity contribution < 1.29 is 4.79 Å². The zero-order valence-corrected chi connectivity index (χ0v) is 13.0. The van der Waals surface area contributed by atoms with Crippen molar-refractivity contribution in [1.82, 2.24) is 29.4 Å². The molecule has 1 atom stereocenters. The van der Waals surface area contributed by atoms with Crippen LogP contribution in [0.15, 0.2) is 36.9 Å². The summed E-state index contributed by atoms with van der Waals surface area (Å²) in [7, 11) is 1.84. The van der Waals surface area contributed by atoms with Crippen molar-refractivity contribution in [2.24, 2.45) is 7.05 Å². The fourth-order valence-electron chi connectivity index (χ4n) is 3.22. The Bertz CT molecular complexity index is 838. The molecular formula is C16H18N6O. The van der Waals surface area contributed by atoms with Gasteiger partial charge in [0.1, 0.15) is 5.52 Å². The molecule has 0 bridgehead atoms. The number of carbonyl (C=O) groups excluding carboxylic acids is 1. The molecule has 1 aliphatic rings. The van der Waals surface area contributed by atoms with Crippen LogP contribution in [0.3, 0.4) is 0 Å². The van der Waals surface area contributed by atoms with Gasteiger partial charge in [-0.15, -0.1) is 5.10 Å². The van der Waals surface area contributed by atoms with Gasteiger partial charge >= 0.3 is 0 Å². The van der Waals surface area contributed by atoms with Crippen LogP contribution in [-0.2, 0) is 7.05 Å². The van der Waals surface area contributed by atoms with Gasteiger partial charge in [-0.25, -0.2) is 9.67 Å². The highest BCUT2D eigenvalue weighted by Gasteiger charge is 2.25. The predicted molar refractivity (Wildman–Crippen MR) is 84.9 cm³/mol. The van der Waals surface area contributed by atoms with E-state index in [0.717, 1.165) is 30.4 Å². The number of hydrogen-bond acceptors (Lipinski definition) is 4. The van der Waals surface area contributed by atoms with E-state index in [0.29, 0.717) is 18.2 Å². The van der Waals surface area contributed by atoms with Crippen LogP contribution in [0.25, 0.3) is 11.0 Å². The lowest BCUT2D eigenvalue weighted by molar-refractivity contribution is 0.0679. The molecule has 7 heteroatoms. The van der Waals surface area contributed by atoms with Crippen LogP contribution >= 0.6 is 0 Å². The van der Waals surface area contributed by atoms with Gasteiger partial charge in [-0.05, 0) is 31.0 Å². The summed E-state index contributed by atoms with van der Waals surface area (Å²) >= 11 is 0. The lowest BCUT2D eigenvalue weighted by atomic mass is 10.0. The third-order valence-electron chi connectivity index (χ3n) is 4.49. The van der Waals surface area contributed by atoms with Crippen molar-refractivity contribution in [3.8, 4) is 0 Å². The van der Waals surface area contributed by atoms with E-state index in [1.807, 2.05) is 42.7 Å². The van der Waals surface area contributed by atoms with Crippen molar-refractivity contribution in [3.63, 3.8) is 0 Å². The van der Waals surface area contributed by atoms with Crippen LogP contribution in [0.4, 0.5) is 0 Å². The van der Waals surface area contributed by atoms with Gasteiger partial charge in [0.2, 0.25) is 0 Å². The maximum Gasteiger partial charge on any atom is 0.254 e. The minimum atomic E-state index is 0.0577. The molecule has 1 aromatic carbocycles. The zero-order valence-electron chi connectivity index (χ0n) is 13.0. The Labute approximate surface area is 133 Å². The highest BCUT2D eigenvalue weighted by atomic mass is 16.2. The zero-order chi connectivity index (χ0) is 15.8. The summed E-state index contributed by atoms with van der Waals surface area (Å²) in [6.07, 6.45) is 7.64. The number of benzene rings is 1. The molecule has 0 spiro atoms. The van der Waals surface area contributed by atoms with Crippen molar-refractivity contribution in [1.29, 1.82) is 0 Å². The van der Waals surface area contributed by atoms with Gasteiger partial charge in [-0.3, -0.25) is 4.79 Å². The van der Waals surface area contributed by atoms with Crippen LogP contribution in [0.2, 0.25) is 0 Å². The normalized spacial score (nSPS) is 18.5. The number of fused-ring (bicyclic) bond motifs is 1. The highest BCUT2D eigenvalue weighted by molar-refractivity contribution is 5.97. The summed E-state index contributed by atoms with van der Waals surface area (Å²) in [4.78, 5) is 18.8. The number of amides is 1. The van der Waals surface area contributed by atoms with Gasteiger partial charge in [-0.1, -0.05) is 5.21 Å². The molecule has 1 saturated heterocycles. The first-order valence-corrected chi connectivity index (χ1v) is 7.78. The van der Waals surface area contributed by atoms with Crippen LogP contribution in [-0.4, -0.2) is 48.4 Å². The molecule has 7 nitrogen and oxygen atoms in total. The highest BCUT2D eigenvalue weighted by Crippen LogP contribution is 2.23. The summed E-state index contributed by atoms with van der Waals surface area (Å²) in [5.41, 5.74) is 2.35. The van der Waals surface area contributed by atoms with Crippen LogP contribution in [0.1, 0.15) is 29.2 Å². The lowest BCUT2D eigenvalue weighted by Crippen LogP contribution is -2.40. The quantitative estimate of drug-likeness (QED) is 0.721. The first kappa shape index (κ1) is 13.9. The monoisotopic (exact) mass is 310 g/mol. The summed E-state index contributed by atoms with van der Waals surface area (Å²) in [5.74, 6) is 0.0577. The number of nitrogens with zero attached hydrogens (tertiary/aromatic N) is 6. The van der Waals surface area contributed by atoms with E-state index in [9.17, 15) is 4.79 Å². The van der Waals surface area contributed by atoms with Crippen LogP contribution < -0.4 is 0 Å². The van der Waals surface area contributed by atoms with Gasteiger partial charge in [0.25, 0.3) is 5.91 Å². The number of rotatable bonds is 2. The Morgan fingerprint density at radius 1 is 1.35 bits per heavy atom. The van der Waals surface area contributed by atoms with Crippen LogP contribution in [0.5, 0.6) is 0 Å². The smallest absolute Gasteiger partial charge is 0.254 e. The maximum atomic E-state index is 12.8. The van der Waals surface area contributed by atoms with E-state index in [1.165, 1.54) is 0 Å². The second-order valence-electron chi connectivity index (χ2n) is 5.97. The molecule has 4 rings (SSSR count). The van der Waals surface area contributed by atoms with E-state index in [4.69, 9.17) is 0 Å². The van der Waals surface area contributed by atoms with Gasteiger partial charge < -0.3 is 9.47 Å². The summed E-state index contributed by atoms with van der Waals surface area (Å²) in [6.45, 7) is 1.51. The Kier molecular flexibility index (Phi) is 3.33. The number of aryl methyl sites for hydroxylation is 1. The molecule has 0 unspecified atom stereocenters. The number of carbonyl (C=O) groups is 1. The average Bonchev–Trinajstić information content (AvgIpc) is 3.24. The second kappa shape index (κ2) is 5.49. The first-order valence-electron chi connectivity index (χ1n) is 7.78. The Balaban J connectivity index is 1.57. The van der Waals surface area contributed by atoms with E-state index < -0.39 is 0 Å². The molecule has 0 saturated carbocycles. The Morgan fingerprint density at radius 2 is 2.26 bits per heavy atom. The average molecular weight is 310 g/mol. The first-order chi connectivity index (χ1) is 11.2. The summed E-state index contributed by atoms with van der Waals surface area (Å²) in [6, 6.07) is 5.88. The Morgan fingerprint density at radius 3 is 3.09 bits per heavy atom. The molecule has 23 heavy (non-hydrogen) atoms. The molecular weight excluding hydrogens is 292 g/mol. The fraction of sp³-hybridized carbons (Fsp3) is 0.375. The molecule has 2 aromatic heterocycles. The third-order valence-corrected chi connectivity index (χ3v) is 4.49. The molecule has 118 valence electrons. The second-order valence-corrected chi connectivity index (χ2v) is 5.97. The number of aromatic nitrogens is 5. The SMILES string of the molecule is Cn1nnc2cc(C(=O)N3CCC[C@@H](n4ccnc4)C3)ccc21. The minimum Gasteiger partial charge on any atom is -0.337 e. The van der Waals surface area contributed by atoms with Crippen molar-refractivity contribution in [2.45, 2.75) is 18.9 Å². The largest absolute Gasteiger partial charge is 0.337 e. The fourth-order valence-corrected chi connectivity index (χ4v) is 3.22. The van der Waals surface area contributed by atoms with E-state index in [-0.39, 0.29) is 5.91 Å².